The number of urea groups is 1. The molecule has 2 unspecified atom stereocenters. The van der Waals surface area contributed by atoms with Crippen LogP contribution in [0, 0.1) is 5.92 Å². The molecule has 1 aliphatic heterocycles. The van der Waals surface area contributed by atoms with Gasteiger partial charge in [-0.2, -0.15) is 0 Å². The summed E-state index contributed by atoms with van der Waals surface area (Å²) >= 11 is 0. The van der Waals surface area contributed by atoms with Gasteiger partial charge in [-0.3, -0.25) is 0 Å². The lowest BCUT2D eigenvalue weighted by Gasteiger charge is -2.34. The number of nitrogens with zero attached hydrogens (tertiary/aromatic N) is 1. The van der Waals surface area contributed by atoms with Crippen molar-refractivity contribution in [3.8, 4) is 0 Å². The maximum absolute atomic E-state index is 12.2. The number of hydrogen-bond donors (Lipinski definition) is 2. The monoisotopic (exact) mass is 286 g/mol. The summed E-state index contributed by atoms with van der Waals surface area (Å²) < 4.78 is 4.69. The summed E-state index contributed by atoms with van der Waals surface area (Å²) in [5, 5.41) is 11.6. The number of aliphatic carboxylic acids is 1. The van der Waals surface area contributed by atoms with Gasteiger partial charge in [0.2, 0.25) is 0 Å². The minimum absolute atomic E-state index is 0.238. The van der Waals surface area contributed by atoms with Crippen LogP contribution in [0.5, 0.6) is 0 Å². The third-order valence-electron chi connectivity index (χ3n) is 3.45. The lowest BCUT2D eigenvalue weighted by Crippen LogP contribution is -2.56. The number of methoxy groups -OCH3 is 1. The van der Waals surface area contributed by atoms with E-state index in [0.717, 1.165) is 12.8 Å². The first-order valence-electron chi connectivity index (χ1n) is 6.76. The minimum Gasteiger partial charge on any atom is -0.480 e. The molecule has 1 heterocycles. The molecule has 1 fully saturated rings. The molecule has 0 radical (unpaired) electrons. The second kappa shape index (κ2) is 7.12. The largest absolute Gasteiger partial charge is 0.480 e. The molecule has 2 atom stereocenters. The van der Waals surface area contributed by atoms with E-state index in [2.05, 4.69) is 5.32 Å². The molecule has 0 aliphatic carbocycles. The number of nitrogens with one attached hydrogen (secondary N) is 1. The van der Waals surface area contributed by atoms with Gasteiger partial charge in [-0.25, -0.2) is 14.4 Å². The van der Waals surface area contributed by atoms with E-state index in [4.69, 9.17) is 9.84 Å². The van der Waals surface area contributed by atoms with Crippen LogP contribution < -0.4 is 5.32 Å². The molecule has 20 heavy (non-hydrogen) atoms. The first-order chi connectivity index (χ1) is 9.38. The number of carboxylic acids is 1. The average Bonchev–Trinajstić information content (AvgIpc) is 2.42. The number of amides is 2. The van der Waals surface area contributed by atoms with E-state index in [1.165, 1.54) is 12.0 Å². The van der Waals surface area contributed by atoms with E-state index in [-0.39, 0.29) is 5.92 Å². The molecule has 114 valence electrons. The zero-order valence-electron chi connectivity index (χ0n) is 12.1. The van der Waals surface area contributed by atoms with E-state index in [1.54, 1.807) is 13.8 Å². The number of esters is 1. The smallest absolute Gasteiger partial charge is 0.328 e. The van der Waals surface area contributed by atoms with Gasteiger partial charge in [-0.15, -0.1) is 0 Å². The molecule has 7 heteroatoms. The highest BCUT2D eigenvalue weighted by molar-refractivity contribution is 5.87. The van der Waals surface area contributed by atoms with Gasteiger partial charge in [-0.05, 0) is 25.2 Å². The molecule has 0 aromatic heterocycles. The topological polar surface area (TPSA) is 95.9 Å². The van der Waals surface area contributed by atoms with Crippen molar-refractivity contribution in [1.29, 1.82) is 0 Å². The quantitative estimate of drug-likeness (QED) is 0.746. The molecule has 1 saturated heterocycles. The van der Waals surface area contributed by atoms with Gasteiger partial charge in [-0.1, -0.05) is 13.8 Å². The molecule has 0 aromatic rings. The van der Waals surface area contributed by atoms with Crippen molar-refractivity contribution >= 4 is 18.0 Å². The maximum Gasteiger partial charge on any atom is 0.328 e. The highest BCUT2D eigenvalue weighted by Gasteiger charge is 2.35. The number of ether oxygens (including phenoxy) is 1. The van der Waals surface area contributed by atoms with Crippen molar-refractivity contribution in [2.75, 3.05) is 13.7 Å². The number of carbonyl (C=O) groups excluding carboxylic acids is 2. The Balaban J connectivity index is 2.77. The number of piperidine rings is 1. The zero-order valence-corrected chi connectivity index (χ0v) is 12.1. The van der Waals surface area contributed by atoms with Crippen molar-refractivity contribution in [2.24, 2.45) is 5.92 Å². The molecule has 0 saturated carbocycles. The standard InChI is InChI=1S/C13H22N2O5/c1-8(2)10(11(16)17)14-13(19)15-7-5-4-6-9(15)12(18)20-3/h8-10H,4-7H2,1-3H3,(H,14,19)(H,16,17). The second-order valence-electron chi connectivity index (χ2n) is 5.24. The first-order valence-corrected chi connectivity index (χ1v) is 6.76. The fraction of sp³-hybridized carbons (Fsp3) is 0.769. The van der Waals surface area contributed by atoms with Crippen LogP contribution in [0.4, 0.5) is 4.79 Å². The lowest BCUT2D eigenvalue weighted by atomic mass is 10.0. The number of carboxylic acid groups (broad SMARTS) is 1. The zero-order chi connectivity index (χ0) is 15.3. The molecule has 1 rings (SSSR count). The summed E-state index contributed by atoms with van der Waals surface area (Å²) in [5.41, 5.74) is 0. The van der Waals surface area contributed by atoms with Crippen molar-refractivity contribution in [1.82, 2.24) is 10.2 Å². The van der Waals surface area contributed by atoms with Crippen LogP contribution in [-0.2, 0) is 14.3 Å². The van der Waals surface area contributed by atoms with Crippen LogP contribution in [0.15, 0.2) is 0 Å². The highest BCUT2D eigenvalue weighted by atomic mass is 16.5. The van der Waals surface area contributed by atoms with Gasteiger partial charge in [0.15, 0.2) is 0 Å². The minimum atomic E-state index is -1.08. The summed E-state index contributed by atoms with van der Waals surface area (Å²) in [4.78, 5) is 36.3. The Labute approximate surface area is 118 Å². The number of carbonyl (C=O) groups is 3. The van der Waals surface area contributed by atoms with Crippen LogP contribution in [0.2, 0.25) is 0 Å². The Hall–Kier alpha value is -1.79. The fourth-order valence-corrected chi connectivity index (χ4v) is 2.29. The Morgan fingerprint density at radius 3 is 2.45 bits per heavy atom. The summed E-state index contributed by atoms with van der Waals surface area (Å²) in [6.07, 6.45) is 2.18. The number of likely N-dealkylation sites (tertiary alicyclic amines) is 1. The van der Waals surface area contributed by atoms with Crippen molar-refractivity contribution in [3.63, 3.8) is 0 Å². The Morgan fingerprint density at radius 2 is 1.95 bits per heavy atom. The molecule has 0 aromatic carbocycles. The van der Waals surface area contributed by atoms with Gasteiger partial charge in [0.25, 0.3) is 0 Å². The molecular weight excluding hydrogens is 264 g/mol. The Kier molecular flexibility index (Phi) is 5.79. The van der Waals surface area contributed by atoms with E-state index in [9.17, 15) is 14.4 Å². The first kappa shape index (κ1) is 16.3. The van der Waals surface area contributed by atoms with Gasteiger partial charge in [0.1, 0.15) is 12.1 Å². The van der Waals surface area contributed by atoms with Crippen LogP contribution in [0.25, 0.3) is 0 Å². The summed E-state index contributed by atoms with van der Waals surface area (Å²) in [7, 11) is 1.28. The molecule has 1 aliphatic rings. The molecule has 0 spiro atoms. The number of hydrogen-bond acceptors (Lipinski definition) is 4. The van der Waals surface area contributed by atoms with Gasteiger partial charge in [0.05, 0.1) is 7.11 Å². The van der Waals surface area contributed by atoms with Crippen molar-refractivity contribution < 1.29 is 24.2 Å². The highest BCUT2D eigenvalue weighted by Crippen LogP contribution is 2.18. The second-order valence-corrected chi connectivity index (χ2v) is 5.24. The van der Waals surface area contributed by atoms with Crippen molar-refractivity contribution in [2.45, 2.75) is 45.2 Å². The number of rotatable bonds is 4. The van der Waals surface area contributed by atoms with E-state index >= 15 is 0 Å². The van der Waals surface area contributed by atoms with Crippen molar-refractivity contribution in [3.05, 3.63) is 0 Å². The predicted octanol–water partition coefficient (Wildman–Crippen LogP) is 0.833. The van der Waals surface area contributed by atoms with E-state index in [1.807, 2.05) is 0 Å². The maximum atomic E-state index is 12.2. The molecular formula is C13H22N2O5. The Bertz CT molecular complexity index is 383. The lowest BCUT2D eigenvalue weighted by molar-refractivity contribution is -0.146. The summed E-state index contributed by atoms with van der Waals surface area (Å²) in [6, 6.07) is -2.13. The summed E-state index contributed by atoms with van der Waals surface area (Å²) in [6.45, 7) is 3.86. The predicted molar refractivity (Wildman–Crippen MR) is 71.2 cm³/mol. The summed E-state index contributed by atoms with van der Waals surface area (Å²) in [5.74, 6) is -1.78. The average molecular weight is 286 g/mol. The normalized spacial score (nSPS) is 20.4. The molecule has 2 amide bonds. The fourth-order valence-electron chi connectivity index (χ4n) is 2.29. The van der Waals surface area contributed by atoms with E-state index < -0.39 is 30.1 Å². The Morgan fingerprint density at radius 1 is 1.30 bits per heavy atom. The van der Waals surface area contributed by atoms with Gasteiger partial charge >= 0.3 is 18.0 Å². The van der Waals surface area contributed by atoms with Crippen LogP contribution in [-0.4, -0.2) is 53.7 Å². The van der Waals surface area contributed by atoms with Gasteiger partial charge in [0, 0.05) is 6.54 Å². The molecule has 7 nitrogen and oxygen atoms in total. The third kappa shape index (κ3) is 3.85. The van der Waals surface area contributed by atoms with Crippen LogP contribution >= 0.6 is 0 Å². The van der Waals surface area contributed by atoms with Crippen LogP contribution in [0.1, 0.15) is 33.1 Å². The molecule has 2 N–H and O–H groups in total. The third-order valence-corrected chi connectivity index (χ3v) is 3.45. The molecule has 0 bridgehead atoms. The van der Waals surface area contributed by atoms with Gasteiger partial charge < -0.3 is 20.1 Å². The van der Waals surface area contributed by atoms with Crippen LogP contribution in [0.3, 0.4) is 0 Å². The van der Waals surface area contributed by atoms with E-state index in [0.29, 0.717) is 13.0 Å². The SMILES string of the molecule is COC(=O)C1CCCCN1C(=O)NC(C(=O)O)C(C)C.